The summed E-state index contributed by atoms with van der Waals surface area (Å²) in [5.41, 5.74) is 19.9. The Kier molecular flexibility index (Phi) is 8.86. The van der Waals surface area contributed by atoms with Gasteiger partial charge in [-0.1, -0.05) is 55.4 Å². The van der Waals surface area contributed by atoms with Crippen molar-refractivity contribution >= 4 is 44.1 Å². The zero-order valence-corrected chi connectivity index (χ0v) is 33.4. The summed E-state index contributed by atoms with van der Waals surface area (Å²) < 4.78 is 0. The molecule has 7 aromatic rings. The normalized spacial score (nSPS) is 12.1. The van der Waals surface area contributed by atoms with Crippen LogP contribution in [0.15, 0.2) is 24.3 Å². The lowest BCUT2D eigenvalue weighted by atomic mass is 10.1. The van der Waals surface area contributed by atoms with Gasteiger partial charge in [0.2, 0.25) is 0 Å². The molecular weight excluding hydrogens is 697 g/mol. The Morgan fingerprint density at radius 1 is 0.286 bits per heavy atom. The monoisotopic (exact) mass is 742 g/mol. The molecule has 12 nitrogen and oxygen atoms in total. The van der Waals surface area contributed by atoms with E-state index in [0.29, 0.717) is 22.8 Å². The highest BCUT2D eigenvalue weighted by Gasteiger charge is 2.26. The minimum Gasteiger partial charge on any atom is -0.352 e. The molecule has 0 atom stereocenters. The SMILES string of the molecule is CCc1nc2c(nc1CC)-c1cc3[nH]c(cc4nc(cc5[nH]c(cc-2n1)c1nc(CC)c(CC)nc51)-c1nc(CC)c(CC)nc1-4)c1nc(CC)c(CC)nc31. The van der Waals surface area contributed by atoms with Crippen LogP contribution in [0.2, 0.25) is 0 Å². The Balaban J connectivity index is 1.50. The fourth-order valence-corrected chi connectivity index (χ4v) is 8.12. The number of rotatable bonds is 8. The molecular formula is C44H46N12. The van der Waals surface area contributed by atoms with Crippen LogP contribution in [0.1, 0.15) is 101 Å². The van der Waals surface area contributed by atoms with Gasteiger partial charge < -0.3 is 9.97 Å². The molecule has 12 heteroatoms. The fraction of sp³-hybridized carbons (Fsp3) is 0.364. The number of nitrogens with one attached hydrogen (secondary N) is 2. The van der Waals surface area contributed by atoms with Crippen LogP contribution in [0, 0.1) is 0 Å². The molecule has 0 saturated heterocycles. The van der Waals surface area contributed by atoms with Gasteiger partial charge in [-0.25, -0.2) is 49.8 Å². The molecule has 0 fully saturated rings. The Bertz CT molecular complexity index is 2540. The number of aromatic amines is 2. The van der Waals surface area contributed by atoms with Crippen LogP contribution < -0.4 is 0 Å². The second-order valence-corrected chi connectivity index (χ2v) is 14.3. The van der Waals surface area contributed by atoms with Crippen LogP contribution >= 0.6 is 0 Å². The maximum Gasteiger partial charge on any atom is 0.117 e. The van der Waals surface area contributed by atoms with E-state index in [1.54, 1.807) is 0 Å². The Morgan fingerprint density at radius 2 is 0.482 bits per heavy atom. The van der Waals surface area contributed by atoms with Gasteiger partial charge in [0, 0.05) is 0 Å². The third-order valence-electron chi connectivity index (χ3n) is 11.0. The summed E-state index contributed by atoms with van der Waals surface area (Å²) in [7, 11) is 0. The second kappa shape index (κ2) is 13.9. The molecule has 2 aliphatic heterocycles. The summed E-state index contributed by atoms with van der Waals surface area (Å²) in [6.45, 7) is 17.0. The lowest BCUT2D eigenvalue weighted by Gasteiger charge is -2.07. The van der Waals surface area contributed by atoms with Crippen LogP contribution in [0.4, 0.5) is 0 Å². The molecule has 56 heavy (non-hydrogen) atoms. The van der Waals surface area contributed by atoms with E-state index in [2.05, 4.69) is 65.4 Å². The van der Waals surface area contributed by atoms with E-state index in [1.165, 1.54) is 0 Å². The van der Waals surface area contributed by atoms with Crippen LogP contribution in [0.3, 0.4) is 0 Å². The summed E-state index contributed by atoms with van der Waals surface area (Å²) in [6, 6.07) is 8.18. The van der Waals surface area contributed by atoms with Gasteiger partial charge in [-0.05, 0) is 75.6 Å². The highest BCUT2D eigenvalue weighted by atomic mass is 15.0. The molecule has 9 heterocycles. The van der Waals surface area contributed by atoms with Crippen molar-refractivity contribution in [2.75, 3.05) is 0 Å². The van der Waals surface area contributed by atoms with Crippen LogP contribution in [0.25, 0.3) is 89.7 Å². The van der Waals surface area contributed by atoms with E-state index in [4.69, 9.17) is 49.8 Å². The van der Waals surface area contributed by atoms with Gasteiger partial charge in [0.05, 0.1) is 90.4 Å². The molecule has 0 radical (unpaired) electrons. The largest absolute Gasteiger partial charge is 0.352 e. The van der Waals surface area contributed by atoms with Crippen molar-refractivity contribution in [3.8, 4) is 45.6 Å². The third kappa shape index (κ3) is 5.56. The highest BCUT2D eigenvalue weighted by Crippen LogP contribution is 2.39. The number of hydrogen-bond donors (Lipinski definition) is 2. The van der Waals surface area contributed by atoms with Gasteiger partial charge in [0.1, 0.15) is 44.8 Å². The second-order valence-electron chi connectivity index (χ2n) is 14.3. The Hall–Kier alpha value is -6.04. The van der Waals surface area contributed by atoms with Crippen LogP contribution in [-0.2, 0) is 51.4 Å². The van der Waals surface area contributed by atoms with Crippen molar-refractivity contribution in [3.63, 3.8) is 0 Å². The molecule has 0 spiro atoms. The summed E-state index contributed by atoms with van der Waals surface area (Å²) in [5.74, 6) is 0. The van der Waals surface area contributed by atoms with Crippen molar-refractivity contribution in [2.45, 2.75) is 107 Å². The zero-order valence-electron chi connectivity index (χ0n) is 33.4. The van der Waals surface area contributed by atoms with Crippen molar-refractivity contribution in [1.29, 1.82) is 0 Å². The maximum absolute atomic E-state index is 5.27. The first-order chi connectivity index (χ1) is 27.3. The molecule has 0 amide bonds. The quantitative estimate of drug-likeness (QED) is 0.154. The lowest BCUT2D eigenvalue weighted by molar-refractivity contribution is 0.913. The van der Waals surface area contributed by atoms with E-state index >= 15 is 0 Å². The highest BCUT2D eigenvalue weighted by molar-refractivity contribution is 6.05. The van der Waals surface area contributed by atoms with Crippen LogP contribution in [0.5, 0.6) is 0 Å². The molecule has 0 aromatic carbocycles. The summed E-state index contributed by atoms with van der Waals surface area (Å²) in [5, 5.41) is 0. The topological polar surface area (TPSA) is 160 Å². The third-order valence-corrected chi connectivity index (χ3v) is 11.0. The van der Waals surface area contributed by atoms with Crippen molar-refractivity contribution in [3.05, 3.63) is 69.8 Å². The first-order valence-electron chi connectivity index (χ1n) is 20.3. The average molecular weight is 743 g/mol. The number of hydrogen-bond acceptors (Lipinski definition) is 10. The van der Waals surface area contributed by atoms with Crippen LogP contribution in [-0.4, -0.2) is 59.8 Å². The number of aromatic nitrogens is 12. The number of H-pyrrole nitrogens is 2. The van der Waals surface area contributed by atoms with Gasteiger partial charge in [-0.2, -0.15) is 0 Å². The van der Waals surface area contributed by atoms with Gasteiger partial charge in [-0.3, -0.25) is 0 Å². The molecule has 0 unspecified atom stereocenters. The predicted octanol–water partition coefficient (Wildman–Crippen LogP) is 8.95. The molecule has 9 rings (SSSR count). The molecule has 8 bridgehead atoms. The van der Waals surface area contributed by atoms with Gasteiger partial charge in [-0.15, -0.1) is 0 Å². The van der Waals surface area contributed by atoms with E-state index in [1.807, 2.05) is 24.3 Å². The zero-order chi connectivity index (χ0) is 38.8. The molecule has 0 aliphatic carbocycles. The molecule has 0 saturated carbocycles. The Labute approximate surface area is 325 Å². The van der Waals surface area contributed by atoms with Gasteiger partial charge >= 0.3 is 0 Å². The summed E-state index contributed by atoms with van der Waals surface area (Å²) in [6.07, 6.45) is 6.17. The standard InChI is InChI=1S/C44H46N12/c1-9-21-22(10-2)50-38-30-18-32-40-42(54-26(14-6)25(13-5)52-40)34(47-32)20-36-44-43(55-27(15-7)28(16-8)56-44)35(48-36)19-33-41-39(51-23(11-3)24(12-4)53-41)31(46-33)17-29(45-30)37(38)49-21/h17-20,45,48H,9-16H2,1-8H3. The van der Waals surface area contributed by atoms with Gasteiger partial charge in [0.25, 0.3) is 0 Å². The molecule has 2 aliphatic rings. The smallest absolute Gasteiger partial charge is 0.117 e. The molecule has 2 N–H and O–H groups in total. The minimum atomic E-state index is 0.707. The molecule has 282 valence electrons. The number of nitrogens with zero attached hydrogens (tertiary/aromatic N) is 10. The minimum absolute atomic E-state index is 0.707. The summed E-state index contributed by atoms with van der Waals surface area (Å²) in [4.78, 5) is 59.8. The van der Waals surface area contributed by atoms with Crippen molar-refractivity contribution in [1.82, 2.24) is 59.8 Å². The van der Waals surface area contributed by atoms with E-state index in [-0.39, 0.29) is 0 Å². The number of fused-ring (bicyclic) bond motifs is 20. The first-order valence-corrected chi connectivity index (χ1v) is 20.3. The van der Waals surface area contributed by atoms with Crippen molar-refractivity contribution < 1.29 is 0 Å². The maximum atomic E-state index is 5.27. The van der Waals surface area contributed by atoms with E-state index in [9.17, 15) is 0 Å². The van der Waals surface area contributed by atoms with E-state index in [0.717, 1.165) is 164 Å². The molecule has 7 aromatic heterocycles. The average Bonchev–Trinajstić information content (AvgIpc) is 3.95. The van der Waals surface area contributed by atoms with Gasteiger partial charge in [0.15, 0.2) is 0 Å². The first kappa shape index (κ1) is 35.6. The predicted molar refractivity (Wildman–Crippen MR) is 222 cm³/mol. The lowest BCUT2D eigenvalue weighted by Crippen LogP contribution is -2.02. The fourth-order valence-electron chi connectivity index (χ4n) is 8.12. The van der Waals surface area contributed by atoms with E-state index < -0.39 is 0 Å². The number of aryl methyl sites for hydroxylation is 8. The summed E-state index contributed by atoms with van der Waals surface area (Å²) >= 11 is 0. The van der Waals surface area contributed by atoms with Crippen molar-refractivity contribution in [2.24, 2.45) is 0 Å². The Morgan fingerprint density at radius 3 is 0.679 bits per heavy atom.